The highest BCUT2D eigenvalue weighted by atomic mass is 16.6. The van der Waals surface area contributed by atoms with E-state index in [4.69, 9.17) is 9.47 Å². The molecule has 1 aliphatic rings. The molecule has 0 aromatic carbocycles. The van der Waals surface area contributed by atoms with Crippen molar-refractivity contribution >= 4 is 11.9 Å². The SMILES string of the molecule is CCCOC(=O)c1cc2c(c(=O)[nH]1)COC(=O)C2(O)CC. The third-order valence-corrected chi connectivity index (χ3v) is 3.44. The Morgan fingerprint density at radius 1 is 1.48 bits per heavy atom. The Morgan fingerprint density at radius 2 is 2.19 bits per heavy atom. The first kappa shape index (κ1) is 15.2. The first-order valence-corrected chi connectivity index (χ1v) is 6.77. The van der Waals surface area contributed by atoms with Crippen molar-refractivity contribution in [3.05, 3.63) is 33.2 Å². The van der Waals surface area contributed by atoms with Crippen molar-refractivity contribution in [2.75, 3.05) is 6.61 Å². The number of aliphatic hydroxyl groups is 1. The van der Waals surface area contributed by atoms with Crippen LogP contribution in [0.3, 0.4) is 0 Å². The summed E-state index contributed by atoms with van der Waals surface area (Å²) in [6, 6.07) is 1.29. The minimum absolute atomic E-state index is 0.0335. The van der Waals surface area contributed by atoms with E-state index in [-0.39, 0.29) is 36.5 Å². The molecule has 21 heavy (non-hydrogen) atoms. The molecule has 0 saturated carbocycles. The molecule has 0 saturated heterocycles. The molecule has 1 aliphatic heterocycles. The Hall–Kier alpha value is -2.15. The van der Waals surface area contributed by atoms with Crippen LogP contribution in [-0.2, 0) is 26.5 Å². The Bertz CT molecular complexity index is 635. The van der Waals surface area contributed by atoms with Gasteiger partial charge >= 0.3 is 11.9 Å². The fourth-order valence-corrected chi connectivity index (χ4v) is 2.18. The van der Waals surface area contributed by atoms with Crippen LogP contribution in [0, 0.1) is 0 Å². The molecular formula is C14H17NO6. The lowest BCUT2D eigenvalue weighted by molar-refractivity contribution is -0.172. The van der Waals surface area contributed by atoms with E-state index in [0.717, 1.165) is 0 Å². The molecule has 0 radical (unpaired) electrons. The second kappa shape index (κ2) is 5.69. The van der Waals surface area contributed by atoms with Gasteiger partial charge in [0.1, 0.15) is 12.3 Å². The summed E-state index contributed by atoms with van der Waals surface area (Å²) >= 11 is 0. The maximum absolute atomic E-state index is 12.0. The summed E-state index contributed by atoms with van der Waals surface area (Å²) < 4.78 is 9.78. The highest BCUT2D eigenvalue weighted by molar-refractivity contribution is 5.89. The number of nitrogens with one attached hydrogen (secondary N) is 1. The second-order valence-corrected chi connectivity index (χ2v) is 4.83. The van der Waals surface area contributed by atoms with Gasteiger partial charge in [0.05, 0.1) is 12.2 Å². The number of cyclic esters (lactones) is 1. The van der Waals surface area contributed by atoms with Crippen LogP contribution in [0.2, 0.25) is 0 Å². The van der Waals surface area contributed by atoms with Crippen LogP contribution in [-0.4, -0.2) is 28.6 Å². The average Bonchev–Trinajstić information content (AvgIpc) is 2.48. The highest BCUT2D eigenvalue weighted by Gasteiger charge is 2.44. The Balaban J connectivity index is 2.52. The lowest BCUT2D eigenvalue weighted by Gasteiger charge is -2.31. The predicted octanol–water partition coefficient (Wildman–Crippen LogP) is 0.596. The zero-order valence-electron chi connectivity index (χ0n) is 11.9. The number of hydrogen-bond donors (Lipinski definition) is 2. The van der Waals surface area contributed by atoms with Crippen molar-refractivity contribution in [3.8, 4) is 0 Å². The van der Waals surface area contributed by atoms with Crippen molar-refractivity contribution in [1.82, 2.24) is 4.98 Å². The van der Waals surface area contributed by atoms with E-state index in [1.807, 2.05) is 6.92 Å². The van der Waals surface area contributed by atoms with Crippen LogP contribution in [0.4, 0.5) is 0 Å². The Morgan fingerprint density at radius 3 is 2.81 bits per heavy atom. The number of pyridine rings is 1. The molecule has 114 valence electrons. The van der Waals surface area contributed by atoms with E-state index in [2.05, 4.69) is 4.98 Å². The quantitative estimate of drug-likeness (QED) is 0.788. The zero-order chi connectivity index (χ0) is 15.6. The molecule has 1 aromatic heterocycles. The van der Waals surface area contributed by atoms with Crippen LogP contribution < -0.4 is 5.56 Å². The number of aromatic nitrogens is 1. The van der Waals surface area contributed by atoms with Gasteiger partial charge in [0.25, 0.3) is 5.56 Å². The number of aromatic amines is 1. The summed E-state index contributed by atoms with van der Waals surface area (Å²) in [7, 11) is 0. The van der Waals surface area contributed by atoms with Crippen molar-refractivity contribution < 1.29 is 24.2 Å². The molecule has 0 fully saturated rings. The number of carbonyl (C=O) groups excluding carboxylic acids is 2. The first-order valence-electron chi connectivity index (χ1n) is 6.77. The number of hydrogen-bond acceptors (Lipinski definition) is 6. The normalized spacial score (nSPS) is 20.6. The van der Waals surface area contributed by atoms with Gasteiger partial charge < -0.3 is 19.6 Å². The number of rotatable bonds is 4. The molecule has 0 bridgehead atoms. The molecule has 7 nitrogen and oxygen atoms in total. The largest absolute Gasteiger partial charge is 0.461 e. The van der Waals surface area contributed by atoms with Gasteiger partial charge in [0, 0.05) is 5.56 Å². The van der Waals surface area contributed by atoms with Gasteiger partial charge in [-0.1, -0.05) is 13.8 Å². The van der Waals surface area contributed by atoms with E-state index in [1.54, 1.807) is 6.92 Å². The molecule has 1 aromatic rings. The molecular weight excluding hydrogens is 278 g/mol. The van der Waals surface area contributed by atoms with Gasteiger partial charge in [-0.2, -0.15) is 0 Å². The fourth-order valence-electron chi connectivity index (χ4n) is 2.18. The average molecular weight is 295 g/mol. The smallest absolute Gasteiger partial charge is 0.354 e. The number of esters is 2. The Labute approximate surface area is 120 Å². The molecule has 2 rings (SSSR count). The summed E-state index contributed by atoms with van der Waals surface area (Å²) in [4.78, 5) is 38.0. The molecule has 0 amide bonds. The summed E-state index contributed by atoms with van der Waals surface area (Å²) in [6.45, 7) is 3.43. The number of fused-ring (bicyclic) bond motifs is 1. The summed E-state index contributed by atoms with van der Waals surface area (Å²) in [5, 5.41) is 10.4. The van der Waals surface area contributed by atoms with Crippen molar-refractivity contribution in [3.63, 3.8) is 0 Å². The fraction of sp³-hybridized carbons (Fsp3) is 0.500. The molecule has 1 atom stereocenters. The summed E-state index contributed by atoms with van der Waals surface area (Å²) in [5.41, 5.74) is -2.33. The van der Waals surface area contributed by atoms with Crippen LogP contribution in [0.5, 0.6) is 0 Å². The van der Waals surface area contributed by atoms with Crippen LogP contribution >= 0.6 is 0 Å². The van der Waals surface area contributed by atoms with E-state index in [0.29, 0.717) is 6.42 Å². The maximum atomic E-state index is 12.0. The van der Waals surface area contributed by atoms with Gasteiger partial charge in [-0.05, 0) is 18.9 Å². The van der Waals surface area contributed by atoms with Gasteiger partial charge in [-0.15, -0.1) is 0 Å². The van der Waals surface area contributed by atoms with Gasteiger partial charge in [0.2, 0.25) is 0 Å². The zero-order valence-corrected chi connectivity index (χ0v) is 11.9. The van der Waals surface area contributed by atoms with Crippen molar-refractivity contribution in [2.45, 2.75) is 38.9 Å². The van der Waals surface area contributed by atoms with Gasteiger partial charge in [-0.25, -0.2) is 9.59 Å². The molecule has 7 heteroatoms. The first-order chi connectivity index (χ1) is 9.93. The van der Waals surface area contributed by atoms with E-state index in [9.17, 15) is 19.5 Å². The predicted molar refractivity (Wildman–Crippen MR) is 71.6 cm³/mol. The number of ether oxygens (including phenoxy) is 2. The monoisotopic (exact) mass is 295 g/mol. The Kier molecular flexibility index (Phi) is 4.13. The van der Waals surface area contributed by atoms with Gasteiger partial charge in [0.15, 0.2) is 5.60 Å². The minimum Gasteiger partial charge on any atom is -0.461 e. The molecule has 0 aliphatic carbocycles. The molecule has 0 spiro atoms. The number of carbonyl (C=O) groups is 2. The van der Waals surface area contributed by atoms with E-state index >= 15 is 0 Å². The topological polar surface area (TPSA) is 106 Å². The van der Waals surface area contributed by atoms with Crippen LogP contribution in [0.25, 0.3) is 0 Å². The van der Waals surface area contributed by atoms with E-state index < -0.39 is 23.1 Å². The molecule has 2 N–H and O–H groups in total. The van der Waals surface area contributed by atoms with Crippen LogP contribution in [0.15, 0.2) is 10.9 Å². The number of H-pyrrole nitrogens is 1. The lowest BCUT2D eigenvalue weighted by atomic mass is 9.86. The van der Waals surface area contributed by atoms with Crippen molar-refractivity contribution in [2.24, 2.45) is 0 Å². The summed E-state index contributed by atoms with van der Waals surface area (Å²) in [5.74, 6) is -1.52. The third kappa shape index (κ3) is 2.56. The van der Waals surface area contributed by atoms with E-state index in [1.165, 1.54) is 6.07 Å². The standard InChI is InChI=1S/C14H17NO6/c1-3-5-20-12(17)10-6-9-8(11(16)15-10)7-21-13(18)14(9,19)4-2/h6,19H,3-5,7H2,1-2H3,(H,15,16). The maximum Gasteiger partial charge on any atom is 0.354 e. The van der Waals surface area contributed by atoms with Crippen LogP contribution in [0.1, 0.15) is 48.3 Å². The minimum atomic E-state index is -1.92. The van der Waals surface area contributed by atoms with Crippen molar-refractivity contribution in [1.29, 1.82) is 0 Å². The highest BCUT2D eigenvalue weighted by Crippen LogP contribution is 2.32. The molecule has 1 unspecified atom stereocenters. The summed E-state index contributed by atoms with van der Waals surface area (Å²) in [6.07, 6.45) is 0.678. The third-order valence-electron chi connectivity index (χ3n) is 3.44. The van der Waals surface area contributed by atoms with Gasteiger partial charge in [-0.3, -0.25) is 4.79 Å². The second-order valence-electron chi connectivity index (χ2n) is 4.83. The lowest BCUT2D eigenvalue weighted by Crippen LogP contribution is -2.43. The molecule has 2 heterocycles.